The zero-order chi connectivity index (χ0) is 5.11. The fraction of sp³-hybridized carbons (Fsp3) is 0.250. The average Bonchev–Trinajstić information content (AvgIpc) is 1.69. The summed E-state index contributed by atoms with van der Waals surface area (Å²) >= 11 is 5.48. The van der Waals surface area contributed by atoms with E-state index in [1.54, 1.807) is 6.34 Å². The molecule has 1 N–H and O–H groups in total. The van der Waals surface area contributed by atoms with Gasteiger partial charge in [0, 0.05) is 0 Å². The molecular weight excluding hydrogens is 112 g/mol. The first-order valence-corrected chi connectivity index (χ1v) is 2.38. The largest absolute Gasteiger partial charge is 0.338 e. The maximum Gasteiger partial charge on any atom is 0.105 e. The molecule has 0 aromatic carbocycles. The van der Waals surface area contributed by atoms with Crippen LogP contribution in [0.3, 0.4) is 0 Å². The van der Waals surface area contributed by atoms with Gasteiger partial charge in [-0.2, -0.15) is 0 Å². The maximum absolute atomic E-state index is 5.48. The third kappa shape index (κ3) is 1.20. The van der Waals surface area contributed by atoms with Crippen LogP contribution in [0.5, 0.6) is 0 Å². The SMILES string of the molecule is ClC1=CCN=CN1. The van der Waals surface area contributed by atoms with Crippen LogP contribution in [0.2, 0.25) is 0 Å². The highest BCUT2D eigenvalue weighted by molar-refractivity contribution is 6.30. The second-order valence-electron chi connectivity index (χ2n) is 1.19. The lowest BCUT2D eigenvalue weighted by Gasteiger charge is -1.99. The minimum absolute atomic E-state index is 0.662. The van der Waals surface area contributed by atoms with Crippen molar-refractivity contribution in [3.05, 3.63) is 11.2 Å². The van der Waals surface area contributed by atoms with E-state index in [9.17, 15) is 0 Å². The molecule has 0 aliphatic carbocycles. The van der Waals surface area contributed by atoms with Crippen molar-refractivity contribution in [3.8, 4) is 0 Å². The van der Waals surface area contributed by atoms with E-state index < -0.39 is 0 Å². The molecule has 0 amide bonds. The second kappa shape index (κ2) is 1.98. The molecule has 0 saturated carbocycles. The Bertz CT molecular complexity index is 117. The van der Waals surface area contributed by atoms with Gasteiger partial charge in [-0.15, -0.1) is 0 Å². The van der Waals surface area contributed by atoms with Crippen LogP contribution in [0.25, 0.3) is 0 Å². The zero-order valence-corrected chi connectivity index (χ0v) is 4.44. The molecule has 3 heteroatoms. The average molecular weight is 117 g/mol. The molecule has 0 atom stereocenters. The summed E-state index contributed by atoms with van der Waals surface area (Å²) in [6.45, 7) is 0.700. The Morgan fingerprint density at radius 3 is 3.00 bits per heavy atom. The normalized spacial score (nSPS) is 18.1. The Balaban J connectivity index is 2.50. The zero-order valence-electron chi connectivity index (χ0n) is 3.69. The fourth-order valence-corrected chi connectivity index (χ4v) is 0.470. The topological polar surface area (TPSA) is 24.4 Å². The van der Waals surface area contributed by atoms with Gasteiger partial charge >= 0.3 is 0 Å². The monoisotopic (exact) mass is 116 g/mol. The quantitative estimate of drug-likeness (QED) is 0.463. The van der Waals surface area contributed by atoms with E-state index in [0.717, 1.165) is 0 Å². The number of aliphatic imine (C=N–C) groups is 1. The van der Waals surface area contributed by atoms with Gasteiger partial charge in [0.1, 0.15) is 5.16 Å². The van der Waals surface area contributed by atoms with Gasteiger partial charge in [0.2, 0.25) is 0 Å². The molecule has 0 aromatic rings. The van der Waals surface area contributed by atoms with Crippen molar-refractivity contribution in [1.29, 1.82) is 0 Å². The summed E-state index contributed by atoms with van der Waals surface area (Å²) in [6, 6.07) is 0. The van der Waals surface area contributed by atoms with Crippen molar-refractivity contribution >= 4 is 17.9 Å². The summed E-state index contributed by atoms with van der Waals surface area (Å²) in [5.74, 6) is 0. The molecular formula is C4H5ClN2. The minimum atomic E-state index is 0.662. The smallest absolute Gasteiger partial charge is 0.105 e. The van der Waals surface area contributed by atoms with Gasteiger partial charge in [-0.3, -0.25) is 4.99 Å². The van der Waals surface area contributed by atoms with Gasteiger partial charge < -0.3 is 5.32 Å². The van der Waals surface area contributed by atoms with Crippen LogP contribution in [0, 0.1) is 0 Å². The number of halogens is 1. The third-order valence-corrected chi connectivity index (χ3v) is 0.933. The number of nitrogens with one attached hydrogen (secondary N) is 1. The molecule has 1 aliphatic heterocycles. The number of hydrogen-bond donors (Lipinski definition) is 1. The molecule has 0 radical (unpaired) electrons. The lowest BCUT2D eigenvalue weighted by atomic mass is 10.6. The molecule has 0 unspecified atom stereocenters. The summed E-state index contributed by atoms with van der Waals surface area (Å²) in [5.41, 5.74) is 0. The molecule has 1 heterocycles. The van der Waals surface area contributed by atoms with Crippen LogP contribution in [0.15, 0.2) is 16.2 Å². The summed E-state index contributed by atoms with van der Waals surface area (Å²) in [4.78, 5) is 3.83. The highest BCUT2D eigenvalue weighted by atomic mass is 35.5. The second-order valence-corrected chi connectivity index (χ2v) is 1.60. The highest BCUT2D eigenvalue weighted by Gasteiger charge is 1.88. The van der Waals surface area contributed by atoms with Crippen molar-refractivity contribution in [2.75, 3.05) is 6.54 Å². The molecule has 1 aliphatic rings. The molecule has 2 nitrogen and oxygen atoms in total. The van der Waals surface area contributed by atoms with Crippen LogP contribution in [0.4, 0.5) is 0 Å². The fourth-order valence-electron chi connectivity index (χ4n) is 0.352. The van der Waals surface area contributed by atoms with Crippen molar-refractivity contribution in [2.24, 2.45) is 4.99 Å². The molecule has 0 bridgehead atoms. The number of nitrogens with zero attached hydrogens (tertiary/aromatic N) is 1. The van der Waals surface area contributed by atoms with E-state index in [2.05, 4.69) is 10.3 Å². The summed E-state index contributed by atoms with van der Waals surface area (Å²) in [5, 5.41) is 3.38. The van der Waals surface area contributed by atoms with E-state index in [0.29, 0.717) is 11.7 Å². The van der Waals surface area contributed by atoms with Crippen molar-refractivity contribution in [3.63, 3.8) is 0 Å². The Labute approximate surface area is 46.9 Å². The molecule has 0 aromatic heterocycles. The first kappa shape index (κ1) is 4.65. The lowest BCUT2D eigenvalue weighted by molar-refractivity contribution is 1.11. The predicted molar refractivity (Wildman–Crippen MR) is 30.4 cm³/mol. The molecule has 1 rings (SSSR count). The van der Waals surface area contributed by atoms with Crippen LogP contribution in [0.1, 0.15) is 0 Å². The van der Waals surface area contributed by atoms with Gasteiger partial charge in [0.15, 0.2) is 0 Å². The van der Waals surface area contributed by atoms with Gasteiger partial charge in [0.25, 0.3) is 0 Å². The van der Waals surface area contributed by atoms with Gasteiger partial charge in [0.05, 0.1) is 12.9 Å². The van der Waals surface area contributed by atoms with Crippen molar-refractivity contribution in [2.45, 2.75) is 0 Å². The molecule has 7 heavy (non-hydrogen) atoms. The first-order valence-electron chi connectivity index (χ1n) is 2.00. The minimum Gasteiger partial charge on any atom is -0.338 e. The van der Waals surface area contributed by atoms with E-state index in [4.69, 9.17) is 11.6 Å². The predicted octanol–water partition coefficient (Wildman–Crippen LogP) is 0.698. The Hall–Kier alpha value is -0.500. The number of hydrogen-bond acceptors (Lipinski definition) is 2. The molecule has 38 valence electrons. The Morgan fingerprint density at radius 1 is 1.86 bits per heavy atom. The third-order valence-electron chi connectivity index (χ3n) is 0.670. The van der Waals surface area contributed by atoms with Crippen LogP contribution in [-0.2, 0) is 0 Å². The lowest BCUT2D eigenvalue weighted by Crippen LogP contribution is -2.10. The van der Waals surface area contributed by atoms with Gasteiger partial charge in [-0.25, -0.2) is 0 Å². The van der Waals surface area contributed by atoms with E-state index in [1.165, 1.54) is 0 Å². The molecule has 0 fully saturated rings. The van der Waals surface area contributed by atoms with Crippen molar-refractivity contribution in [1.82, 2.24) is 5.32 Å². The van der Waals surface area contributed by atoms with E-state index in [-0.39, 0.29) is 0 Å². The Kier molecular flexibility index (Phi) is 1.32. The molecule has 0 saturated heterocycles. The van der Waals surface area contributed by atoms with E-state index >= 15 is 0 Å². The highest BCUT2D eigenvalue weighted by Crippen LogP contribution is 1.95. The van der Waals surface area contributed by atoms with Crippen LogP contribution in [-0.4, -0.2) is 12.9 Å². The van der Waals surface area contributed by atoms with Gasteiger partial charge in [-0.05, 0) is 6.08 Å². The van der Waals surface area contributed by atoms with Crippen LogP contribution >= 0.6 is 11.6 Å². The first-order chi connectivity index (χ1) is 3.39. The summed E-state index contributed by atoms with van der Waals surface area (Å²) < 4.78 is 0. The standard InChI is InChI=1S/C4H5ClN2/c5-4-1-2-6-3-7-4/h1,3H,2H2,(H,6,7). The van der Waals surface area contributed by atoms with Crippen molar-refractivity contribution < 1.29 is 0 Å². The van der Waals surface area contributed by atoms with Crippen LogP contribution < -0.4 is 5.32 Å². The molecule has 0 spiro atoms. The maximum atomic E-state index is 5.48. The Morgan fingerprint density at radius 2 is 2.71 bits per heavy atom. The summed E-state index contributed by atoms with van der Waals surface area (Å²) in [6.07, 6.45) is 3.39. The van der Waals surface area contributed by atoms with Gasteiger partial charge in [-0.1, -0.05) is 11.6 Å². The number of rotatable bonds is 0. The van der Waals surface area contributed by atoms with E-state index in [1.807, 2.05) is 6.08 Å². The summed E-state index contributed by atoms with van der Waals surface area (Å²) in [7, 11) is 0.